The van der Waals surface area contributed by atoms with Crippen LogP contribution in [0, 0.1) is 30.2 Å². The number of benzene rings is 3. The zero-order valence-electron chi connectivity index (χ0n) is 16.8. The average Bonchev–Trinajstić information content (AvgIpc) is 2.75. The molecule has 0 aliphatic carbocycles. The van der Waals surface area contributed by atoms with Crippen LogP contribution in [0.5, 0.6) is 5.75 Å². The van der Waals surface area contributed by atoms with Gasteiger partial charge in [0.2, 0.25) is 5.82 Å². The molecular weight excluding hydrogens is 392 g/mol. The van der Waals surface area contributed by atoms with Gasteiger partial charge in [0.15, 0.2) is 23.2 Å². The van der Waals surface area contributed by atoms with E-state index in [1.54, 1.807) is 30.3 Å². The van der Waals surface area contributed by atoms with Crippen molar-refractivity contribution < 1.29 is 22.3 Å². The van der Waals surface area contributed by atoms with Gasteiger partial charge in [0.05, 0.1) is 6.61 Å². The van der Waals surface area contributed by atoms with E-state index < -0.39 is 23.3 Å². The molecule has 0 aliphatic rings. The van der Waals surface area contributed by atoms with Crippen molar-refractivity contribution in [3.63, 3.8) is 0 Å². The second-order valence-electron chi connectivity index (χ2n) is 7.00. The lowest BCUT2D eigenvalue weighted by molar-refractivity contribution is 0.289. The molecule has 0 aliphatic heterocycles. The first-order valence-electron chi connectivity index (χ1n) is 9.76. The molecule has 0 bridgehead atoms. The lowest BCUT2D eigenvalue weighted by Gasteiger charge is -2.10. The van der Waals surface area contributed by atoms with Crippen molar-refractivity contribution in [3.05, 3.63) is 88.5 Å². The molecule has 0 amide bonds. The van der Waals surface area contributed by atoms with Crippen molar-refractivity contribution in [2.45, 2.75) is 26.7 Å². The van der Waals surface area contributed by atoms with Crippen LogP contribution in [0.4, 0.5) is 17.6 Å². The Labute approximate surface area is 173 Å². The first-order valence-corrected chi connectivity index (χ1v) is 9.76. The van der Waals surface area contributed by atoms with Gasteiger partial charge in [-0.25, -0.2) is 13.2 Å². The molecule has 0 saturated heterocycles. The van der Waals surface area contributed by atoms with Crippen LogP contribution in [0.3, 0.4) is 0 Å². The molecule has 0 spiro atoms. The quantitative estimate of drug-likeness (QED) is 0.220. The predicted molar refractivity (Wildman–Crippen MR) is 112 cm³/mol. The first kappa shape index (κ1) is 21.6. The van der Waals surface area contributed by atoms with Crippen molar-refractivity contribution in [1.82, 2.24) is 0 Å². The molecule has 0 fully saturated rings. The molecule has 3 rings (SSSR count). The molecule has 0 radical (unpaired) electrons. The molecule has 156 valence electrons. The van der Waals surface area contributed by atoms with Gasteiger partial charge >= 0.3 is 0 Å². The van der Waals surface area contributed by atoms with Crippen LogP contribution in [0.1, 0.15) is 36.5 Å². The number of unbranched alkanes of at least 4 members (excludes halogenated alkanes) is 1. The van der Waals surface area contributed by atoms with Crippen LogP contribution in [0.25, 0.3) is 23.3 Å². The normalized spacial score (nSPS) is 11.3. The molecular formula is C25H22F4O. The fraction of sp³-hybridized carbons (Fsp3) is 0.200. The highest BCUT2D eigenvalue weighted by Gasteiger charge is 2.15. The fourth-order valence-electron chi connectivity index (χ4n) is 2.94. The highest BCUT2D eigenvalue weighted by molar-refractivity contribution is 5.73. The third-order valence-electron chi connectivity index (χ3n) is 4.78. The van der Waals surface area contributed by atoms with Crippen LogP contribution in [0.2, 0.25) is 0 Å². The lowest BCUT2D eigenvalue weighted by Crippen LogP contribution is -2.01. The Bertz CT molecular complexity index is 1060. The maximum absolute atomic E-state index is 14.5. The average molecular weight is 414 g/mol. The van der Waals surface area contributed by atoms with E-state index >= 15 is 0 Å². The van der Waals surface area contributed by atoms with E-state index in [9.17, 15) is 17.6 Å². The zero-order chi connectivity index (χ0) is 21.7. The summed E-state index contributed by atoms with van der Waals surface area (Å²) in [5.41, 5.74) is 1.70. The minimum atomic E-state index is -1.01. The van der Waals surface area contributed by atoms with E-state index in [0.29, 0.717) is 17.7 Å². The smallest absolute Gasteiger partial charge is 0.201 e. The van der Waals surface area contributed by atoms with Crippen LogP contribution in [-0.2, 0) is 0 Å². The summed E-state index contributed by atoms with van der Waals surface area (Å²) < 4.78 is 61.7. The number of ether oxygens (including phenoxy) is 1. The van der Waals surface area contributed by atoms with Crippen molar-refractivity contribution in [2.24, 2.45) is 0 Å². The third kappa shape index (κ3) is 4.73. The summed E-state index contributed by atoms with van der Waals surface area (Å²) in [6.07, 6.45) is 4.75. The summed E-state index contributed by atoms with van der Waals surface area (Å²) in [6.45, 7) is 3.81. The molecule has 0 atom stereocenters. The largest absolute Gasteiger partial charge is 0.490 e. The van der Waals surface area contributed by atoms with Gasteiger partial charge in [-0.15, -0.1) is 0 Å². The monoisotopic (exact) mass is 414 g/mol. The summed E-state index contributed by atoms with van der Waals surface area (Å²) in [6, 6.07) is 12.6. The lowest BCUT2D eigenvalue weighted by atomic mass is 10.0. The van der Waals surface area contributed by atoms with E-state index in [0.717, 1.165) is 12.8 Å². The second kappa shape index (κ2) is 9.61. The molecule has 30 heavy (non-hydrogen) atoms. The molecule has 0 unspecified atom stereocenters. The maximum Gasteiger partial charge on any atom is 0.201 e. The van der Waals surface area contributed by atoms with Gasteiger partial charge in [0.25, 0.3) is 0 Å². The van der Waals surface area contributed by atoms with E-state index in [1.807, 2.05) is 6.92 Å². The Balaban J connectivity index is 1.79. The van der Waals surface area contributed by atoms with E-state index in [4.69, 9.17) is 4.74 Å². The van der Waals surface area contributed by atoms with Gasteiger partial charge < -0.3 is 4.74 Å². The summed E-state index contributed by atoms with van der Waals surface area (Å²) >= 11 is 0. The highest BCUT2D eigenvalue weighted by atomic mass is 19.2. The van der Waals surface area contributed by atoms with Crippen molar-refractivity contribution in [1.29, 1.82) is 0 Å². The molecule has 0 aromatic heterocycles. The molecule has 0 heterocycles. The molecule has 3 aromatic rings. The number of hydrogen-bond acceptors (Lipinski definition) is 1. The van der Waals surface area contributed by atoms with Gasteiger partial charge in [0, 0.05) is 11.1 Å². The van der Waals surface area contributed by atoms with Crippen LogP contribution < -0.4 is 4.74 Å². The predicted octanol–water partition coefficient (Wildman–Crippen LogP) is 7.57. The summed E-state index contributed by atoms with van der Waals surface area (Å²) in [7, 11) is 0. The second-order valence-corrected chi connectivity index (χ2v) is 7.00. The van der Waals surface area contributed by atoms with E-state index in [2.05, 4.69) is 0 Å². The van der Waals surface area contributed by atoms with Crippen LogP contribution in [-0.4, -0.2) is 6.61 Å². The third-order valence-corrected chi connectivity index (χ3v) is 4.78. The molecule has 0 saturated carbocycles. The molecule has 0 N–H and O–H groups in total. The Morgan fingerprint density at radius 2 is 1.50 bits per heavy atom. The van der Waals surface area contributed by atoms with Gasteiger partial charge in [-0.1, -0.05) is 61.9 Å². The molecule has 5 heteroatoms. The summed E-state index contributed by atoms with van der Waals surface area (Å²) in [5, 5.41) is 0. The van der Waals surface area contributed by atoms with Gasteiger partial charge in [-0.05, 0) is 42.2 Å². The van der Waals surface area contributed by atoms with Gasteiger partial charge in [0.1, 0.15) is 0 Å². The number of aryl methyl sites for hydroxylation is 1. The highest BCUT2D eigenvalue weighted by Crippen LogP contribution is 2.30. The van der Waals surface area contributed by atoms with Crippen molar-refractivity contribution in [3.8, 4) is 16.9 Å². The van der Waals surface area contributed by atoms with Crippen LogP contribution in [0.15, 0.2) is 48.5 Å². The maximum atomic E-state index is 14.5. The Morgan fingerprint density at radius 1 is 0.767 bits per heavy atom. The minimum absolute atomic E-state index is 0.100. The van der Waals surface area contributed by atoms with E-state index in [1.165, 1.54) is 37.3 Å². The number of halogens is 4. The zero-order valence-corrected chi connectivity index (χ0v) is 16.8. The Kier molecular flexibility index (Phi) is 6.93. The minimum Gasteiger partial charge on any atom is -0.490 e. The molecule has 1 nitrogen and oxygen atoms in total. The standard InChI is InChI=1S/C25H22F4O/c1-3-4-15-30-21-14-13-20(24(28)25(21)29)18-10-6-17(7-11-18)8-12-19-9-5-16(2)22(26)23(19)27/h5-14H,3-4,15H2,1-2H3/b12-8+. The summed E-state index contributed by atoms with van der Waals surface area (Å²) in [5.74, 6) is -3.85. The number of hydrogen-bond donors (Lipinski definition) is 0. The Morgan fingerprint density at radius 3 is 2.20 bits per heavy atom. The summed E-state index contributed by atoms with van der Waals surface area (Å²) in [4.78, 5) is 0. The SMILES string of the molecule is CCCCOc1ccc(-c2ccc(/C=C/c3ccc(C)c(F)c3F)cc2)c(F)c1F. The van der Waals surface area contributed by atoms with Crippen LogP contribution >= 0.6 is 0 Å². The van der Waals surface area contributed by atoms with Gasteiger partial charge in [-0.3, -0.25) is 0 Å². The van der Waals surface area contributed by atoms with Gasteiger partial charge in [-0.2, -0.15) is 4.39 Å². The fourth-order valence-corrected chi connectivity index (χ4v) is 2.94. The first-order chi connectivity index (χ1) is 14.4. The van der Waals surface area contributed by atoms with E-state index in [-0.39, 0.29) is 22.4 Å². The van der Waals surface area contributed by atoms with Crippen molar-refractivity contribution in [2.75, 3.05) is 6.61 Å². The molecule has 3 aromatic carbocycles. The topological polar surface area (TPSA) is 9.23 Å². The number of rotatable bonds is 7. The Hall–Kier alpha value is -3.08. The van der Waals surface area contributed by atoms with Crippen molar-refractivity contribution >= 4 is 12.2 Å².